The highest BCUT2D eigenvalue weighted by Crippen LogP contribution is 2.32. The van der Waals surface area contributed by atoms with Gasteiger partial charge in [-0.3, -0.25) is 4.79 Å². The molecule has 0 saturated carbocycles. The van der Waals surface area contributed by atoms with E-state index in [9.17, 15) is 4.79 Å². The molecule has 2 aromatic rings. The van der Waals surface area contributed by atoms with E-state index in [2.05, 4.69) is 67.0 Å². The fourth-order valence-corrected chi connectivity index (χ4v) is 3.40. The Hall–Kier alpha value is -1.61. The van der Waals surface area contributed by atoms with Crippen molar-refractivity contribution >= 4 is 27.5 Å². The molecule has 3 heteroatoms. The van der Waals surface area contributed by atoms with E-state index in [-0.39, 0.29) is 11.3 Å². The van der Waals surface area contributed by atoms with Crippen molar-refractivity contribution in [3.05, 3.63) is 63.6 Å². The van der Waals surface area contributed by atoms with Crippen LogP contribution in [0.2, 0.25) is 0 Å². The topological polar surface area (TPSA) is 20.3 Å². The predicted octanol–water partition coefficient (Wildman–Crippen LogP) is 5.23. The Morgan fingerprint density at radius 1 is 1.04 bits per heavy atom. The largest absolute Gasteiger partial charge is 0.308 e. The summed E-state index contributed by atoms with van der Waals surface area (Å²) in [4.78, 5) is 14.3. The van der Waals surface area contributed by atoms with Crippen molar-refractivity contribution in [3.63, 3.8) is 0 Å². The Labute approximate surface area is 146 Å². The summed E-state index contributed by atoms with van der Waals surface area (Å²) < 4.78 is 1.07. The van der Waals surface area contributed by atoms with Gasteiger partial charge < -0.3 is 4.90 Å². The van der Waals surface area contributed by atoms with Crippen LogP contribution in [-0.4, -0.2) is 5.91 Å². The van der Waals surface area contributed by atoms with Crippen LogP contribution in [0.15, 0.2) is 46.9 Å². The van der Waals surface area contributed by atoms with E-state index in [1.807, 2.05) is 17.0 Å². The number of halogens is 1. The molecule has 0 unspecified atom stereocenters. The number of fused-ring (bicyclic) bond motifs is 1. The van der Waals surface area contributed by atoms with Crippen LogP contribution in [0.4, 0.5) is 5.69 Å². The third-order valence-electron chi connectivity index (χ3n) is 4.40. The Balaban J connectivity index is 1.87. The van der Waals surface area contributed by atoms with Crippen LogP contribution in [-0.2, 0) is 23.2 Å². The molecule has 2 nitrogen and oxygen atoms in total. The van der Waals surface area contributed by atoms with Gasteiger partial charge in [0, 0.05) is 16.6 Å². The average molecular weight is 372 g/mol. The van der Waals surface area contributed by atoms with E-state index in [1.54, 1.807) is 0 Å². The number of nitrogens with zero attached hydrogens (tertiary/aromatic N) is 1. The molecular formula is C20H22BrNO. The van der Waals surface area contributed by atoms with E-state index >= 15 is 0 Å². The van der Waals surface area contributed by atoms with Gasteiger partial charge in [0.2, 0.25) is 5.91 Å². The highest BCUT2D eigenvalue weighted by atomic mass is 79.9. The molecule has 0 fully saturated rings. The van der Waals surface area contributed by atoms with Crippen LogP contribution in [0.3, 0.4) is 0 Å². The molecule has 1 aliphatic rings. The zero-order chi connectivity index (χ0) is 16.6. The van der Waals surface area contributed by atoms with Gasteiger partial charge in [-0.1, -0.05) is 61.0 Å². The second kappa shape index (κ2) is 6.12. The van der Waals surface area contributed by atoms with Crippen molar-refractivity contribution in [2.75, 3.05) is 4.90 Å². The third kappa shape index (κ3) is 3.50. The Kier molecular flexibility index (Phi) is 4.33. The number of hydrogen-bond acceptors (Lipinski definition) is 1. The molecule has 3 rings (SSSR count). The number of rotatable bonds is 2. The molecule has 2 aromatic carbocycles. The summed E-state index contributed by atoms with van der Waals surface area (Å²) in [5.41, 5.74) is 4.92. The molecule has 0 spiro atoms. The van der Waals surface area contributed by atoms with Crippen LogP contribution < -0.4 is 4.90 Å². The molecule has 0 aliphatic carbocycles. The normalized spacial score (nSPS) is 14.8. The standard InChI is InChI=1S/C20H22BrNO/c1-20(2,3)16-7-4-14(5-8-16)13-22-18-10-9-17(21)12-15(18)6-11-19(22)23/h4-5,7-10,12H,6,11,13H2,1-3H3. The molecule has 1 amide bonds. The monoisotopic (exact) mass is 371 g/mol. The summed E-state index contributed by atoms with van der Waals surface area (Å²) in [7, 11) is 0. The maximum Gasteiger partial charge on any atom is 0.227 e. The Morgan fingerprint density at radius 2 is 1.74 bits per heavy atom. The summed E-state index contributed by atoms with van der Waals surface area (Å²) in [6.07, 6.45) is 1.41. The molecule has 0 atom stereocenters. The number of benzene rings is 2. The van der Waals surface area contributed by atoms with Crippen LogP contribution in [0.5, 0.6) is 0 Å². The zero-order valence-electron chi connectivity index (χ0n) is 13.9. The van der Waals surface area contributed by atoms with E-state index < -0.39 is 0 Å². The van der Waals surface area contributed by atoms with Crippen LogP contribution in [0.25, 0.3) is 0 Å². The lowest BCUT2D eigenvalue weighted by Crippen LogP contribution is -2.34. The van der Waals surface area contributed by atoms with E-state index in [0.717, 1.165) is 16.6 Å². The predicted molar refractivity (Wildman–Crippen MR) is 98.8 cm³/mol. The highest BCUT2D eigenvalue weighted by Gasteiger charge is 2.24. The van der Waals surface area contributed by atoms with Gasteiger partial charge in [0.25, 0.3) is 0 Å². The van der Waals surface area contributed by atoms with Gasteiger partial charge in [0.15, 0.2) is 0 Å². The Bertz CT molecular complexity index is 728. The molecule has 1 heterocycles. The second-order valence-electron chi connectivity index (χ2n) is 7.20. The SMILES string of the molecule is CC(C)(C)c1ccc(CN2C(=O)CCc3cc(Br)ccc32)cc1. The number of aryl methyl sites for hydroxylation is 1. The van der Waals surface area contributed by atoms with Gasteiger partial charge in [-0.2, -0.15) is 0 Å². The van der Waals surface area contributed by atoms with Gasteiger partial charge in [-0.05, 0) is 46.7 Å². The van der Waals surface area contributed by atoms with Crippen molar-refractivity contribution < 1.29 is 4.79 Å². The smallest absolute Gasteiger partial charge is 0.227 e. The lowest BCUT2D eigenvalue weighted by molar-refractivity contribution is -0.119. The minimum Gasteiger partial charge on any atom is -0.308 e. The van der Waals surface area contributed by atoms with Gasteiger partial charge in [0.1, 0.15) is 0 Å². The second-order valence-corrected chi connectivity index (χ2v) is 8.12. The highest BCUT2D eigenvalue weighted by molar-refractivity contribution is 9.10. The minimum absolute atomic E-state index is 0.151. The zero-order valence-corrected chi connectivity index (χ0v) is 15.5. The van der Waals surface area contributed by atoms with Crippen molar-refractivity contribution in [3.8, 4) is 0 Å². The summed E-state index contributed by atoms with van der Waals surface area (Å²) >= 11 is 3.52. The number of anilines is 1. The molecular weight excluding hydrogens is 350 g/mol. The van der Waals surface area contributed by atoms with E-state index in [4.69, 9.17) is 0 Å². The quantitative estimate of drug-likeness (QED) is 0.707. The van der Waals surface area contributed by atoms with Crippen LogP contribution in [0, 0.1) is 0 Å². The minimum atomic E-state index is 0.151. The first-order valence-corrected chi connectivity index (χ1v) is 8.82. The molecule has 23 heavy (non-hydrogen) atoms. The van der Waals surface area contributed by atoms with E-state index in [0.29, 0.717) is 13.0 Å². The summed E-state index contributed by atoms with van der Waals surface area (Å²) in [5, 5.41) is 0. The molecule has 0 N–H and O–H groups in total. The van der Waals surface area contributed by atoms with E-state index in [1.165, 1.54) is 16.7 Å². The van der Waals surface area contributed by atoms with Crippen molar-refractivity contribution in [2.24, 2.45) is 0 Å². The van der Waals surface area contributed by atoms with Crippen LogP contribution >= 0.6 is 15.9 Å². The number of carbonyl (C=O) groups is 1. The lowest BCUT2D eigenvalue weighted by Gasteiger charge is -2.30. The lowest BCUT2D eigenvalue weighted by atomic mass is 9.86. The first-order chi connectivity index (χ1) is 10.8. The van der Waals surface area contributed by atoms with Crippen LogP contribution in [0.1, 0.15) is 43.9 Å². The fraction of sp³-hybridized carbons (Fsp3) is 0.350. The first-order valence-electron chi connectivity index (χ1n) is 8.03. The first kappa shape index (κ1) is 16.3. The Morgan fingerprint density at radius 3 is 2.39 bits per heavy atom. The third-order valence-corrected chi connectivity index (χ3v) is 4.90. The molecule has 0 radical (unpaired) electrons. The maximum atomic E-state index is 12.4. The average Bonchev–Trinajstić information content (AvgIpc) is 2.50. The van der Waals surface area contributed by atoms with Gasteiger partial charge in [-0.25, -0.2) is 0 Å². The number of amides is 1. The number of hydrogen-bond donors (Lipinski definition) is 0. The fourth-order valence-electron chi connectivity index (χ4n) is 2.99. The summed E-state index contributed by atoms with van der Waals surface area (Å²) in [6.45, 7) is 7.27. The molecule has 0 aromatic heterocycles. The molecule has 0 bridgehead atoms. The van der Waals surface area contributed by atoms with Crippen molar-refractivity contribution in [1.82, 2.24) is 0 Å². The molecule has 0 saturated heterocycles. The van der Waals surface area contributed by atoms with Gasteiger partial charge in [0.05, 0.1) is 6.54 Å². The number of carbonyl (C=O) groups excluding carboxylic acids is 1. The summed E-state index contributed by atoms with van der Waals surface area (Å²) in [6, 6.07) is 14.8. The van der Waals surface area contributed by atoms with Crippen molar-refractivity contribution in [1.29, 1.82) is 0 Å². The van der Waals surface area contributed by atoms with Crippen molar-refractivity contribution in [2.45, 2.75) is 45.6 Å². The van der Waals surface area contributed by atoms with Gasteiger partial charge >= 0.3 is 0 Å². The molecule has 120 valence electrons. The van der Waals surface area contributed by atoms with Gasteiger partial charge in [-0.15, -0.1) is 0 Å². The molecule has 1 aliphatic heterocycles. The summed E-state index contributed by atoms with van der Waals surface area (Å²) in [5.74, 6) is 0.208. The maximum absolute atomic E-state index is 12.4.